The van der Waals surface area contributed by atoms with Crippen molar-refractivity contribution in [1.29, 1.82) is 0 Å². The summed E-state index contributed by atoms with van der Waals surface area (Å²) < 4.78 is 38.4. The number of alkyl halides is 3. The minimum atomic E-state index is -6.58. The van der Waals surface area contributed by atoms with Gasteiger partial charge in [0.05, 0.1) is 0 Å². The first kappa shape index (κ1) is 13.4. The zero-order valence-electron chi connectivity index (χ0n) is 7.31. The summed E-state index contributed by atoms with van der Waals surface area (Å²) in [7, 11) is -6.58. The Morgan fingerprint density at radius 3 is 1.87 bits per heavy atom. The Balaban J connectivity index is 3.09. The summed E-state index contributed by atoms with van der Waals surface area (Å²) in [6, 6.07) is 6.12. The van der Waals surface area contributed by atoms with E-state index < -0.39 is 22.8 Å². The summed E-state index contributed by atoms with van der Waals surface area (Å²) in [4.78, 5) is 0. The van der Waals surface area contributed by atoms with E-state index in [0.29, 0.717) is 0 Å². The van der Waals surface area contributed by atoms with Crippen LogP contribution >= 0.6 is 42.3 Å². The molecule has 0 atom stereocenters. The summed E-state index contributed by atoms with van der Waals surface area (Å²) in [5, 5.41) is -0.699. The molecule has 7 heteroatoms. The van der Waals surface area contributed by atoms with E-state index in [-0.39, 0.29) is 0 Å². The van der Waals surface area contributed by atoms with Crippen LogP contribution in [0.5, 0.6) is 0 Å². The van der Waals surface area contributed by atoms with E-state index >= 15 is 0 Å². The van der Waals surface area contributed by atoms with Crippen molar-refractivity contribution >= 4 is 47.6 Å². The van der Waals surface area contributed by atoms with Crippen LogP contribution in [-0.2, 0) is 0 Å². The Morgan fingerprint density at radius 1 is 1.00 bits per heavy atom. The average molecular weight is 297 g/mol. The van der Waals surface area contributed by atoms with Gasteiger partial charge in [0.1, 0.15) is 0 Å². The summed E-state index contributed by atoms with van der Waals surface area (Å²) in [6.45, 7) is 0. The third-order valence-electron chi connectivity index (χ3n) is 1.67. The van der Waals surface area contributed by atoms with Gasteiger partial charge < -0.3 is 0 Å². The minimum absolute atomic E-state index is 0.699. The second kappa shape index (κ2) is 3.96. The van der Waals surface area contributed by atoms with Crippen molar-refractivity contribution in [3.05, 3.63) is 30.3 Å². The molecule has 0 aliphatic rings. The molecule has 1 aromatic carbocycles. The van der Waals surface area contributed by atoms with E-state index in [1.54, 1.807) is 0 Å². The molecule has 0 saturated carbocycles. The summed E-state index contributed by atoms with van der Waals surface area (Å²) in [5.41, 5.74) is 0. The molecule has 0 heterocycles. The van der Waals surface area contributed by atoms with E-state index in [2.05, 4.69) is 0 Å². The van der Waals surface area contributed by atoms with Crippen molar-refractivity contribution in [2.45, 2.75) is 3.79 Å². The molecule has 86 valence electrons. The maximum absolute atomic E-state index is 13.6. The van der Waals surface area contributed by atoms with Crippen LogP contribution in [0.2, 0.25) is 0 Å². The number of benzene rings is 1. The Labute approximate surface area is 101 Å². The van der Waals surface area contributed by atoms with Crippen LogP contribution < -0.4 is 5.30 Å². The Bertz CT molecular complexity index is 342. The van der Waals surface area contributed by atoms with Gasteiger partial charge in [-0.15, -0.1) is 0 Å². The topological polar surface area (TPSA) is 0 Å². The first-order valence-corrected chi connectivity index (χ1v) is 7.11. The third kappa shape index (κ3) is 3.99. The Kier molecular flexibility index (Phi) is 3.53. The van der Waals surface area contributed by atoms with E-state index in [9.17, 15) is 12.6 Å². The van der Waals surface area contributed by atoms with Gasteiger partial charge in [-0.1, -0.05) is 0 Å². The van der Waals surface area contributed by atoms with Crippen LogP contribution in [0.1, 0.15) is 0 Å². The quantitative estimate of drug-likeness (QED) is 0.538. The molecule has 1 aromatic rings. The Morgan fingerprint density at radius 2 is 1.47 bits per heavy atom. The zero-order chi connectivity index (χ0) is 11.8. The van der Waals surface area contributed by atoms with Gasteiger partial charge in [-0.3, -0.25) is 0 Å². The second-order valence-electron chi connectivity index (χ2n) is 3.07. The second-order valence-corrected chi connectivity index (χ2v) is 8.34. The molecule has 1 rings (SSSR count). The summed E-state index contributed by atoms with van der Waals surface area (Å²) in [5.74, 6) is 0. The standard InChI is InChI=1S/C8H7Cl3F3P/c9-8(10,11)6-15(12,13,14)7-4-2-1-3-5-7/h1-5H,6H2. The maximum atomic E-state index is 13.6. The van der Waals surface area contributed by atoms with Crippen molar-refractivity contribution in [3.63, 3.8) is 0 Å². The molecule has 0 radical (unpaired) electrons. The average Bonchev–Trinajstić information content (AvgIpc) is 2.00. The Hall–Kier alpha value is 0.310. The molecule has 15 heavy (non-hydrogen) atoms. The molecule has 0 unspecified atom stereocenters. The zero-order valence-corrected chi connectivity index (χ0v) is 10.5. The van der Waals surface area contributed by atoms with Crippen molar-refractivity contribution in [3.8, 4) is 0 Å². The monoisotopic (exact) mass is 296 g/mol. The molecule has 0 aliphatic heterocycles. The molecule has 0 bridgehead atoms. The molecule has 0 aliphatic carbocycles. The van der Waals surface area contributed by atoms with E-state index in [1.165, 1.54) is 18.2 Å². The van der Waals surface area contributed by atoms with Crippen LogP contribution in [0.4, 0.5) is 12.6 Å². The predicted octanol–water partition coefficient (Wildman–Crippen LogP) is 4.89. The molecule has 0 aromatic heterocycles. The van der Waals surface area contributed by atoms with Crippen molar-refractivity contribution in [2.24, 2.45) is 0 Å². The van der Waals surface area contributed by atoms with Gasteiger partial charge in [0.25, 0.3) is 0 Å². The van der Waals surface area contributed by atoms with Crippen LogP contribution in [0.25, 0.3) is 0 Å². The molecular formula is C8H7Cl3F3P. The fourth-order valence-corrected chi connectivity index (χ4v) is 4.33. The van der Waals surface area contributed by atoms with Crippen molar-refractivity contribution < 1.29 is 12.6 Å². The normalized spacial score (nSPS) is 15.7. The molecular weight excluding hydrogens is 290 g/mol. The first-order chi connectivity index (χ1) is 6.59. The van der Waals surface area contributed by atoms with Gasteiger partial charge in [0.15, 0.2) is 0 Å². The van der Waals surface area contributed by atoms with Gasteiger partial charge in [-0.2, -0.15) is 0 Å². The van der Waals surface area contributed by atoms with Crippen LogP contribution in [0.15, 0.2) is 30.3 Å². The van der Waals surface area contributed by atoms with Gasteiger partial charge in [-0.25, -0.2) is 0 Å². The van der Waals surface area contributed by atoms with Gasteiger partial charge in [-0.05, 0) is 0 Å². The molecule has 0 spiro atoms. The first-order valence-electron chi connectivity index (χ1n) is 3.88. The number of rotatable bonds is 2. The third-order valence-corrected chi connectivity index (χ3v) is 4.87. The van der Waals surface area contributed by atoms with Gasteiger partial charge in [0.2, 0.25) is 0 Å². The number of halogens is 6. The SMILES string of the molecule is FP(F)(F)(CC(Cl)(Cl)Cl)c1ccccc1. The van der Waals surface area contributed by atoms with E-state index in [4.69, 9.17) is 34.8 Å². The summed E-state index contributed by atoms with van der Waals surface area (Å²) in [6.07, 6.45) is -1.40. The fraction of sp³-hybridized carbons (Fsp3) is 0.250. The van der Waals surface area contributed by atoms with Crippen LogP contribution in [-0.4, -0.2) is 9.95 Å². The summed E-state index contributed by atoms with van der Waals surface area (Å²) >= 11 is 15.6. The number of hydrogen-bond acceptors (Lipinski definition) is 0. The van der Waals surface area contributed by atoms with Crippen LogP contribution in [0.3, 0.4) is 0 Å². The molecule has 0 nitrogen and oxygen atoms in total. The van der Waals surface area contributed by atoms with E-state index in [0.717, 1.165) is 12.1 Å². The van der Waals surface area contributed by atoms with Gasteiger partial charge >= 0.3 is 101 Å². The van der Waals surface area contributed by atoms with Crippen molar-refractivity contribution in [2.75, 3.05) is 6.16 Å². The predicted molar refractivity (Wildman–Crippen MR) is 61.5 cm³/mol. The molecule has 0 amide bonds. The van der Waals surface area contributed by atoms with E-state index in [1.807, 2.05) is 0 Å². The van der Waals surface area contributed by atoms with Crippen LogP contribution in [0, 0.1) is 0 Å². The molecule has 0 N–H and O–H groups in total. The molecule has 0 fully saturated rings. The fourth-order valence-electron chi connectivity index (χ4n) is 1.09. The van der Waals surface area contributed by atoms with Crippen molar-refractivity contribution in [1.82, 2.24) is 0 Å². The van der Waals surface area contributed by atoms with Gasteiger partial charge in [0, 0.05) is 0 Å². The number of hydrogen-bond donors (Lipinski definition) is 0. The molecule has 0 saturated heterocycles.